The van der Waals surface area contributed by atoms with Crippen molar-refractivity contribution < 1.29 is 20.2 Å². The summed E-state index contributed by atoms with van der Waals surface area (Å²) in [4.78, 5) is 6.26. The molecule has 1 aliphatic carbocycles. The molecular formula is C18H20N4O2+4. The van der Waals surface area contributed by atoms with Gasteiger partial charge in [0.2, 0.25) is 11.4 Å². The predicted octanol–water partition coefficient (Wildman–Crippen LogP) is -1.91. The van der Waals surface area contributed by atoms with Crippen molar-refractivity contribution in [2.24, 2.45) is 0 Å². The predicted molar refractivity (Wildman–Crippen MR) is 96.4 cm³/mol. The van der Waals surface area contributed by atoms with Gasteiger partial charge in [-0.05, 0) is 24.3 Å². The maximum absolute atomic E-state index is 8.17. The molecule has 0 unspecified atom stereocenters. The van der Waals surface area contributed by atoms with E-state index >= 15 is 0 Å². The minimum Gasteiger partial charge on any atom is -0.588 e. The number of hydrogen-bond acceptors (Lipinski definition) is 2. The van der Waals surface area contributed by atoms with E-state index in [9.17, 15) is 0 Å². The minimum atomic E-state index is 0.292. The summed E-state index contributed by atoms with van der Waals surface area (Å²) >= 11 is 0. The first-order valence-electron chi connectivity index (χ1n) is 7.37. The van der Waals surface area contributed by atoms with E-state index in [4.69, 9.17) is 21.7 Å². The molecule has 0 saturated carbocycles. The Balaban J connectivity index is 1.91. The van der Waals surface area contributed by atoms with Gasteiger partial charge in [-0.2, -0.15) is 9.98 Å². The lowest BCUT2D eigenvalue weighted by Gasteiger charge is -1.99. The summed E-state index contributed by atoms with van der Waals surface area (Å²) in [6.07, 6.45) is 3.25. The third kappa shape index (κ3) is 3.44. The first-order valence-corrected chi connectivity index (χ1v) is 7.37. The van der Waals surface area contributed by atoms with Crippen LogP contribution in [0.3, 0.4) is 0 Å². The van der Waals surface area contributed by atoms with E-state index in [1.54, 1.807) is 36.4 Å². The van der Waals surface area contributed by atoms with Crippen LogP contribution in [0.5, 0.6) is 0 Å². The lowest BCUT2D eigenvalue weighted by Crippen LogP contribution is -2.69. The second-order valence-corrected chi connectivity index (χ2v) is 5.44. The molecule has 0 aliphatic heterocycles. The molecule has 0 heterocycles. The quantitative estimate of drug-likeness (QED) is 0.292. The van der Waals surface area contributed by atoms with Gasteiger partial charge in [-0.25, -0.2) is 0 Å². The zero-order chi connectivity index (χ0) is 17.1. The van der Waals surface area contributed by atoms with Crippen LogP contribution in [0.25, 0.3) is 0 Å². The number of allylic oxidation sites excluding steroid dienone is 2. The van der Waals surface area contributed by atoms with Crippen LogP contribution in [0.1, 0.15) is 0 Å². The molecule has 0 radical (unpaired) electrons. The van der Waals surface area contributed by atoms with Crippen LogP contribution in [0.15, 0.2) is 72.2 Å². The van der Waals surface area contributed by atoms with E-state index in [1.165, 1.54) is 0 Å². The Labute approximate surface area is 138 Å². The Kier molecular flexibility index (Phi) is 4.03. The fourth-order valence-electron chi connectivity index (χ4n) is 2.25. The summed E-state index contributed by atoms with van der Waals surface area (Å²) < 4.78 is 0. The molecule has 2 aromatic carbocycles. The highest BCUT2D eigenvalue weighted by molar-refractivity contribution is 6.18. The smallest absolute Gasteiger partial charge is 0.334 e. The van der Waals surface area contributed by atoms with Crippen LogP contribution >= 0.6 is 0 Å². The van der Waals surface area contributed by atoms with Gasteiger partial charge in [0.1, 0.15) is 12.2 Å². The molecule has 3 rings (SSSR count). The number of hydrogen-bond donors (Lipinski definition) is 4. The first kappa shape index (κ1) is 15.4. The largest absolute Gasteiger partial charge is 0.588 e. The number of nitrogens with one attached hydrogen (secondary N) is 2. The van der Waals surface area contributed by atoms with E-state index in [0.717, 1.165) is 11.4 Å². The summed E-state index contributed by atoms with van der Waals surface area (Å²) in [5.74, 6) is 0.585. The van der Waals surface area contributed by atoms with Crippen molar-refractivity contribution in [1.29, 1.82) is 0 Å². The molecule has 0 fully saturated rings. The van der Waals surface area contributed by atoms with Crippen LogP contribution < -0.4 is 21.5 Å². The Morgan fingerprint density at radius 1 is 0.583 bits per heavy atom. The van der Waals surface area contributed by atoms with Gasteiger partial charge in [-0.1, -0.05) is 0 Å². The van der Waals surface area contributed by atoms with E-state index < -0.39 is 0 Å². The summed E-state index contributed by atoms with van der Waals surface area (Å²) in [5.41, 5.74) is 15.4. The second-order valence-electron chi connectivity index (χ2n) is 5.44. The number of nitrogen functional groups attached to an aromatic ring is 2. The highest BCUT2D eigenvalue weighted by Gasteiger charge is 2.31. The molecule has 0 bridgehead atoms. The zero-order valence-corrected chi connectivity index (χ0v) is 12.9. The molecular weight excluding hydrogens is 304 g/mol. The lowest BCUT2D eigenvalue weighted by molar-refractivity contribution is -0.356. The van der Waals surface area contributed by atoms with Gasteiger partial charge in [0.25, 0.3) is 0 Å². The van der Waals surface area contributed by atoms with Crippen LogP contribution in [-0.2, 0) is 0 Å². The number of benzene rings is 2. The average molecular weight is 324 g/mol. The van der Waals surface area contributed by atoms with Crippen LogP contribution in [0, 0.1) is 0 Å². The fraction of sp³-hybridized carbons (Fsp3) is 0. The van der Waals surface area contributed by atoms with Gasteiger partial charge >= 0.3 is 22.9 Å². The van der Waals surface area contributed by atoms with E-state index in [0.29, 0.717) is 34.3 Å². The molecule has 6 heteroatoms. The Hall–Kier alpha value is -3.54. The van der Waals surface area contributed by atoms with Gasteiger partial charge in [0, 0.05) is 35.6 Å². The standard InChI is InChI=1S/C18H16N4O2/c19-11-1-5-13(6-2-11)21-15-9-18(24)16(10-17(15)23)22-14-7-3-12(20)4-8-14/h1-10,23-24H,19-20H2/p+4. The number of rotatable bonds is 2. The highest BCUT2D eigenvalue weighted by atomic mass is 16.3. The third-order valence-corrected chi connectivity index (χ3v) is 3.54. The Bertz CT molecular complexity index is 801. The topological polar surface area (TPSA) is 126 Å². The Morgan fingerprint density at radius 3 is 1.25 bits per heavy atom. The molecule has 2 aromatic rings. The molecule has 6 nitrogen and oxygen atoms in total. The van der Waals surface area contributed by atoms with Crippen molar-refractivity contribution in [2.75, 3.05) is 11.5 Å². The van der Waals surface area contributed by atoms with E-state index in [-0.39, 0.29) is 0 Å². The zero-order valence-electron chi connectivity index (χ0n) is 12.9. The second kappa shape index (κ2) is 6.29. The van der Waals surface area contributed by atoms with Crippen LogP contribution in [-0.4, -0.2) is 21.6 Å². The minimum absolute atomic E-state index is 0.292. The summed E-state index contributed by atoms with van der Waals surface area (Å²) in [7, 11) is 0. The molecule has 0 spiro atoms. The number of nitrogens with two attached hydrogens (primary N) is 2. The van der Waals surface area contributed by atoms with Gasteiger partial charge in [-0.3, -0.25) is 0 Å². The molecule has 1 aliphatic rings. The van der Waals surface area contributed by atoms with Crippen molar-refractivity contribution in [2.45, 2.75) is 0 Å². The molecule has 0 atom stereocenters. The Morgan fingerprint density at radius 2 is 0.917 bits per heavy atom. The van der Waals surface area contributed by atoms with Crippen molar-refractivity contribution in [3.8, 4) is 0 Å². The van der Waals surface area contributed by atoms with Crippen LogP contribution in [0.4, 0.5) is 22.7 Å². The SMILES string of the molecule is Nc1ccc([NH+]=C2C=C([OH2+])C(=[NH+]c3ccc(N)cc3)C=C2[OH2+])cc1. The molecule has 10 N–H and O–H groups in total. The molecule has 0 amide bonds. The van der Waals surface area contributed by atoms with Crippen molar-refractivity contribution in [3.63, 3.8) is 0 Å². The van der Waals surface area contributed by atoms with Gasteiger partial charge in [-0.15, -0.1) is 0 Å². The van der Waals surface area contributed by atoms with Gasteiger partial charge in [0.05, 0.1) is 0 Å². The average Bonchev–Trinajstić information content (AvgIpc) is 2.56. The molecule has 120 valence electrons. The highest BCUT2D eigenvalue weighted by Crippen LogP contribution is 2.08. The van der Waals surface area contributed by atoms with Crippen molar-refractivity contribution >= 4 is 34.2 Å². The lowest BCUT2D eigenvalue weighted by atomic mass is 10.1. The summed E-state index contributed by atoms with van der Waals surface area (Å²) in [6.45, 7) is 0. The molecule has 24 heavy (non-hydrogen) atoms. The molecule has 0 aromatic heterocycles. The van der Waals surface area contributed by atoms with E-state index in [2.05, 4.69) is 9.98 Å². The first-order chi connectivity index (χ1) is 11.5. The van der Waals surface area contributed by atoms with Crippen LogP contribution in [0.2, 0.25) is 0 Å². The summed E-state index contributed by atoms with van der Waals surface area (Å²) in [6, 6.07) is 14.5. The monoisotopic (exact) mass is 324 g/mol. The van der Waals surface area contributed by atoms with Gasteiger partial charge in [0.15, 0.2) is 0 Å². The normalized spacial score (nSPS) is 17.7. The maximum Gasteiger partial charge on any atom is 0.334 e. The third-order valence-electron chi connectivity index (χ3n) is 3.54. The fourth-order valence-corrected chi connectivity index (χ4v) is 2.25. The maximum atomic E-state index is 8.17. The van der Waals surface area contributed by atoms with Crippen molar-refractivity contribution in [3.05, 3.63) is 72.2 Å². The van der Waals surface area contributed by atoms with Gasteiger partial charge < -0.3 is 21.7 Å². The number of anilines is 2. The van der Waals surface area contributed by atoms with Crippen molar-refractivity contribution in [1.82, 2.24) is 0 Å². The molecule has 0 saturated heterocycles. The summed E-state index contributed by atoms with van der Waals surface area (Å²) in [5, 5.41) is 16.3. The van der Waals surface area contributed by atoms with E-state index in [1.807, 2.05) is 24.3 Å².